The number of amides is 3. The van der Waals surface area contributed by atoms with Crippen molar-refractivity contribution in [2.24, 2.45) is 7.05 Å². The van der Waals surface area contributed by atoms with E-state index in [4.69, 9.17) is 0 Å². The molecule has 0 saturated carbocycles. The Hall–Kier alpha value is -2.57. The van der Waals surface area contributed by atoms with E-state index in [2.05, 4.69) is 10.3 Å². The number of urea groups is 1. The second-order valence-corrected chi connectivity index (χ2v) is 6.83. The maximum absolute atomic E-state index is 12.5. The maximum atomic E-state index is 12.5. The lowest BCUT2D eigenvalue weighted by Gasteiger charge is -2.35. The Morgan fingerprint density at radius 2 is 1.84 bits per heavy atom. The number of hydrogen-bond acceptors (Lipinski definition) is 3. The number of hydrogen-bond donors (Lipinski definition) is 1. The molecule has 0 bridgehead atoms. The quantitative estimate of drug-likeness (QED) is 0.915. The van der Waals surface area contributed by atoms with Gasteiger partial charge in [-0.1, -0.05) is 6.07 Å². The van der Waals surface area contributed by atoms with E-state index in [0.717, 1.165) is 16.6 Å². The largest absolute Gasteiger partial charge is 0.339 e. The fraction of sp³-hybridized carbons (Fsp3) is 0.500. The fourth-order valence-corrected chi connectivity index (χ4v) is 3.08. The predicted molar refractivity (Wildman–Crippen MR) is 96.2 cm³/mol. The Morgan fingerprint density at radius 3 is 2.52 bits per heavy atom. The molecule has 1 fully saturated rings. The second-order valence-electron chi connectivity index (χ2n) is 6.83. The van der Waals surface area contributed by atoms with Crippen molar-refractivity contribution < 1.29 is 9.59 Å². The highest BCUT2D eigenvalue weighted by molar-refractivity contribution is 5.82. The van der Waals surface area contributed by atoms with Crippen LogP contribution in [-0.4, -0.2) is 63.5 Å². The normalized spacial score (nSPS) is 15.0. The van der Waals surface area contributed by atoms with Crippen molar-refractivity contribution >= 4 is 23.0 Å². The number of benzene rings is 1. The van der Waals surface area contributed by atoms with E-state index in [9.17, 15) is 9.59 Å². The molecule has 0 unspecified atom stereocenters. The summed E-state index contributed by atoms with van der Waals surface area (Å²) in [6, 6.07) is 6.02. The molecule has 1 aliphatic rings. The van der Waals surface area contributed by atoms with Gasteiger partial charge < -0.3 is 19.7 Å². The zero-order chi connectivity index (χ0) is 18.0. The SMILES string of the molecule is CC(C)NC(=O)N1CCN(C(=O)Cc2ccc3c(c2)ncn3C)CC1. The molecular formula is C18H25N5O2. The van der Waals surface area contributed by atoms with Crippen LogP contribution in [0.4, 0.5) is 4.79 Å². The maximum Gasteiger partial charge on any atom is 0.317 e. The van der Waals surface area contributed by atoms with Crippen LogP contribution in [0, 0.1) is 0 Å². The second kappa shape index (κ2) is 7.13. The van der Waals surface area contributed by atoms with Gasteiger partial charge >= 0.3 is 6.03 Å². The molecule has 134 valence electrons. The van der Waals surface area contributed by atoms with Gasteiger partial charge in [-0.05, 0) is 31.5 Å². The first-order chi connectivity index (χ1) is 11.9. The summed E-state index contributed by atoms with van der Waals surface area (Å²) in [5, 5.41) is 2.89. The summed E-state index contributed by atoms with van der Waals surface area (Å²) in [4.78, 5) is 32.5. The van der Waals surface area contributed by atoms with Gasteiger partial charge in [-0.2, -0.15) is 0 Å². The minimum Gasteiger partial charge on any atom is -0.339 e. The molecular weight excluding hydrogens is 318 g/mol. The number of carbonyl (C=O) groups is 2. The van der Waals surface area contributed by atoms with Gasteiger partial charge in [0.15, 0.2) is 0 Å². The van der Waals surface area contributed by atoms with Crippen LogP contribution >= 0.6 is 0 Å². The molecule has 7 nitrogen and oxygen atoms in total. The first-order valence-corrected chi connectivity index (χ1v) is 8.67. The van der Waals surface area contributed by atoms with E-state index in [-0.39, 0.29) is 18.0 Å². The lowest BCUT2D eigenvalue weighted by Crippen LogP contribution is -2.54. The van der Waals surface area contributed by atoms with Crippen molar-refractivity contribution in [1.82, 2.24) is 24.7 Å². The van der Waals surface area contributed by atoms with E-state index in [0.29, 0.717) is 32.6 Å². The van der Waals surface area contributed by atoms with Crippen LogP contribution in [0.2, 0.25) is 0 Å². The minimum atomic E-state index is -0.0531. The standard InChI is InChI=1S/C18H25N5O2/c1-13(2)20-18(25)23-8-6-22(7-9-23)17(24)11-14-4-5-16-15(10-14)19-12-21(16)3/h4-5,10,12-13H,6-9,11H2,1-3H3,(H,20,25). The summed E-state index contributed by atoms with van der Waals surface area (Å²) < 4.78 is 1.96. The minimum absolute atomic E-state index is 0.0531. The monoisotopic (exact) mass is 343 g/mol. The molecule has 7 heteroatoms. The van der Waals surface area contributed by atoms with E-state index in [1.807, 2.05) is 48.6 Å². The summed E-state index contributed by atoms with van der Waals surface area (Å²) in [5.41, 5.74) is 2.93. The highest BCUT2D eigenvalue weighted by Crippen LogP contribution is 2.15. The first kappa shape index (κ1) is 17.3. The number of fused-ring (bicyclic) bond motifs is 1. The number of aryl methyl sites for hydroxylation is 1. The lowest BCUT2D eigenvalue weighted by atomic mass is 10.1. The lowest BCUT2D eigenvalue weighted by molar-refractivity contribution is -0.131. The smallest absolute Gasteiger partial charge is 0.317 e. The molecule has 1 N–H and O–H groups in total. The molecule has 1 aromatic carbocycles. The van der Waals surface area contributed by atoms with Crippen LogP contribution in [0.3, 0.4) is 0 Å². The van der Waals surface area contributed by atoms with Gasteiger partial charge in [0, 0.05) is 39.3 Å². The van der Waals surface area contributed by atoms with E-state index in [1.54, 1.807) is 11.2 Å². The van der Waals surface area contributed by atoms with Crippen molar-refractivity contribution in [1.29, 1.82) is 0 Å². The first-order valence-electron chi connectivity index (χ1n) is 8.67. The Kier molecular flexibility index (Phi) is 4.92. The third-order valence-corrected chi connectivity index (χ3v) is 4.48. The Bertz CT molecular complexity index is 775. The van der Waals surface area contributed by atoms with Crippen LogP contribution in [0.15, 0.2) is 24.5 Å². The van der Waals surface area contributed by atoms with Crippen molar-refractivity contribution in [2.75, 3.05) is 26.2 Å². The molecule has 3 rings (SSSR count). The van der Waals surface area contributed by atoms with E-state index in [1.165, 1.54) is 0 Å². The highest BCUT2D eigenvalue weighted by Gasteiger charge is 2.24. The van der Waals surface area contributed by atoms with Gasteiger partial charge in [-0.3, -0.25) is 4.79 Å². The molecule has 0 radical (unpaired) electrons. The number of nitrogens with one attached hydrogen (secondary N) is 1. The van der Waals surface area contributed by atoms with Crippen LogP contribution in [0.5, 0.6) is 0 Å². The van der Waals surface area contributed by atoms with Gasteiger partial charge in [0.1, 0.15) is 0 Å². The summed E-state index contributed by atoms with van der Waals surface area (Å²) in [6.45, 7) is 6.19. The Morgan fingerprint density at radius 1 is 1.16 bits per heavy atom. The van der Waals surface area contributed by atoms with Crippen LogP contribution < -0.4 is 5.32 Å². The van der Waals surface area contributed by atoms with Gasteiger partial charge in [0.2, 0.25) is 5.91 Å². The Labute approximate surface area is 147 Å². The van der Waals surface area contributed by atoms with E-state index >= 15 is 0 Å². The molecule has 0 aliphatic carbocycles. The predicted octanol–water partition coefficient (Wildman–Crippen LogP) is 1.38. The van der Waals surface area contributed by atoms with Gasteiger partial charge in [-0.15, -0.1) is 0 Å². The molecule has 25 heavy (non-hydrogen) atoms. The van der Waals surface area contributed by atoms with Gasteiger partial charge in [0.05, 0.1) is 23.8 Å². The topological polar surface area (TPSA) is 70.5 Å². The number of rotatable bonds is 3. The molecule has 0 spiro atoms. The van der Waals surface area contributed by atoms with Crippen LogP contribution in [0.1, 0.15) is 19.4 Å². The van der Waals surface area contributed by atoms with Crippen molar-refractivity contribution in [3.05, 3.63) is 30.1 Å². The van der Waals surface area contributed by atoms with Crippen molar-refractivity contribution in [3.8, 4) is 0 Å². The summed E-state index contributed by atoms with van der Waals surface area (Å²) in [7, 11) is 1.95. The van der Waals surface area contributed by atoms with Crippen LogP contribution in [-0.2, 0) is 18.3 Å². The average molecular weight is 343 g/mol. The number of piperazine rings is 1. The van der Waals surface area contributed by atoms with Crippen molar-refractivity contribution in [2.45, 2.75) is 26.3 Å². The molecule has 1 aliphatic heterocycles. The zero-order valence-electron chi connectivity index (χ0n) is 15.0. The van der Waals surface area contributed by atoms with Crippen LogP contribution in [0.25, 0.3) is 11.0 Å². The van der Waals surface area contributed by atoms with Gasteiger partial charge in [-0.25, -0.2) is 9.78 Å². The molecule has 2 heterocycles. The number of nitrogens with zero attached hydrogens (tertiary/aromatic N) is 4. The van der Waals surface area contributed by atoms with E-state index < -0.39 is 0 Å². The molecule has 2 aromatic rings. The fourth-order valence-electron chi connectivity index (χ4n) is 3.08. The average Bonchev–Trinajstić information content (AvgIpc) is 2.95. The third-order valence-electron chi connectivity index (χ3n) is 4.48. The zero-order valence-corrected chi connectivity index (χ0v) is 15.0. The van der Waals surface area contributed by atoms with Gasteiger partial charge in [0.25, 0.3) is 0 Å². The summed E-state index contributed by atoms with van der Waals surface area (Å²) in [5.74, 6) is 0.0965. The number of aromatic nitrogens is 2. The molecule has 1 aromatic heterocycles. The third kappa shape index (κ3) is 3.92. The highest BCUT2D eigenvalue weighted by atomic mass is 16.2. The molecule has 1 saturated heterocycles. The number of carbonyl (C=O) groups excluding carboxylic acids is 2. The molecule has 3 amide bonds. The summed E-state index contributed by atoms with van der Waals surface area (Å²) in [6.07, 6.45) is 2.14. The number of imidazole rings is 1. The Balaban J connectivity index is 1.56. The molecule has 0 atom stereocenters. The summed E-state index contributed by atoms with van der Waals surface area (Å²) >= 11 is 0. The van der Waals surface area contributed by atoms with Crippen molar-refractivity contribution in [3.63, 3.8) is 0 Å².